The summed E-state index contributed by atoms with van der Waals surface area (Å²) in [5.74, 6) is 1.36. The van der Waals surface area contributed by atoms with Gasteiger partial charge >= 0.3 is 0 Å². The van der Waals surface area contributed by atoms with E-state index in [9.17, 15) is 8.42 Å². The molecule has 2 aromatic rings. The molecule has 0 saturated heterocycles. The first-order chi connectivity index (χ1) is 12.9. The van der Waals surface area contributed by atoms with Gasteiger partial charge in [0.1, 0.15) is 17.6 Å². The quantitative estimate of drug-likeness (QED) is 0.786. The van der Waals surface area contributed by atoms with E-state index >= 15 is 0 Å². The number of hydrogen-bond donors (Lipinski definition) is 1. The van der Waals surface area contributed by atoms with Gasteiger partial charge in [-0.15, -0.1) is 0 Å². The molecule has 1 aromatic heterocycles. The Balaban J connectivity index is 1.89. The predicted molar refractivity (Wildman–Crippen MR) is 105 cm³/mol. The molecule has 1 heterocycles. The molecule has 1 N–H and O–H groups in total. The van der Waals surface area contributed by atoms with Gasteiger partial charge < -0.3 is 9.30 Å². The lowest BCUT2D eigenvalue weighted by Crippen LogP contribution is -2.46. The van der Waals surface area contributed by atoms with Gasteiger partial charge in [0.2, 0.25) is 0 Å². The predicted octanol–water partition coefficient (Wildman–Crippen LogP) is 2.62. The van der Waals surface area contributed by atoms with Crippen molar-refractivity contribution in [2.45, 2.75) is 44.2 Å². The summed E-state index contributed by atoms with van der Waals surface area (Å²) in [7, 11) is 1.46. The Kier molecular flexibility index (Phi) is 6.18. The van der Waals surface area contributed by atoms with Gasteiger partial charge in [-0.2, -0.15) is 17.4 Å². The van der Waals surface area contributed by atoms with E-state index in [2.05, 4.69) is 9.71 Å². The highest BCUT2D eigenvalue weighted by Crippen LogP contribution is 2.27. The summed E-state index contributed by atoms with van der Waals surface area (Å²) in [6, 6.07) is 6.85. The molecule has 3 rings (SSSR count). The highest BCUT2D eigenvalue weighted by molar-refractivity contribution is 7.87. The molecule has 27 heavy (non-hydrogen) atoms. The Labute approximate surface area is 161 Å². The van der Waals surface area contributed by atoms with Gasteiger partial charge in [-0.3, -0.25) is 0 Å². The molecule has 1 aliphatic carbocycles. The van der Waals surface area contributed by atoms with Crippen LogP contribution in [-0.4, -0.2) is 42.5 Å². The maximum absolute atomic E-state index is 13.1. The standard InChI is InChI=1S/C19H28N4O3S/c1-22-14-13-20-19(22)18(15-9-11-17(26-3)12-10-15)21-27(24,25)23(2)16-7-5-4-6-8-16/h9-14,16,18,21H,4-8H2,1-3H3. The highest BCUT2D eigenvalue weighted by atomic mass is 32.2. The summed E-state index contributed by atoms with van der Waals surface area (Å²) in [4.78, 5) is 4.38. The highest BCUT2D eigenvalue weighted by Gasteiger charge is 2.31. The summed E-state index contributed by atoms with van der Waals surface area (Å²) < 4.78 is 37.6. The normalized spacial score (nSPS) is 17.2. The Morgan fingerprint density at radius 3 is 2.44 bits per heavy atom. The number of aryl methyl sites for hydroxylation is 1. The SMILES string of the molecule is COc1ccc(C(NS(=O)(=O)N(C)C2CCCCC2)c2nccn2C)cc1. The average molecular weight is 393 g/mol. The van der Waals surface area contributed by atoms with E-state index in [0.29, 0.717) is 5.82 Å². The number of ether oxygens (including phenoxy) is 1. The van der Waals surface area contributed by atoms with Gasteiger partial charge in [-0.25, -0.2) is 4.98 Å². The number of hydrogen-bond acceptors (Lipinski definition) is 4. The minimum atomic E-state index is -3.67. The van der Waals surface area contributed by atoms with Crippen LogP contribution in [0.2, 0.25) is 0 Å². The van der Waals surface area contributed by atoms with Crippen LogP contribution in [0.4, 0.5) is 0 Å². The molecule has 1 aliphatic rings. The van der Waals surface area contributed by atoms with Gasteiger partial charge in [-0.05, 0) is 30.5 Å². The van der Waals surface area contributed by atoms with Crippen molar-refractivity contribution in [1.82, 2.24) is 18.6 Å². The second-order valence-electron chi connectivity index (χ2n) is 7.03. The first-order valence-electron chi connectivity index (χ1n) is 9.29. The molecule has 0 aliphatic heterocycles. The van der Waals surface area contributed by atoms with Crippen molar-refractivity contribution in [3.05, 3.63) is 48.0 Å². The van der Waals surface area contributed by atoms with Gasteiger partial charge in [0.15, 0.2) is 0 Å². The number of aromatic nitrogens is 2. The molecule has 0 spiro atoms. The second kappa shape index (κ2) is 8.41. The zero-order chi connectivity index (χ0) is 19.4. The Hall–Kier alpha value is -1.90. The summed E-state index contributed by atoms with van der Waals surface area (Å²) >= 11 is 0. The van der Waals surface area contributed by atoms with E-state index in [1.54, 1.807) is 20.4 Å². The number of nitrogens with one attached hydrogen (secondary N) is 1. The van der Waals surface area contributed by atoms with Crippen LogP contribution < -0.4 is 9.46 Å². The molecular formula is C19H28N4O3S. The van der Waals surface area contributed by atoms with Crippen molar-refractivity contribution in [1.29, 1.82) is 0 Å². The van der Waals surface area contributed by atoms with Crippen molar-refractivity contribution in [2.75, 3.05) is 14.2 Å². The molecule has 1 unspecified atom stereocenters. The van der Waals surface area contributed by atoms with E-state index in [0.717, 1.165) is 37.0 Å². The minimum Gasteiger partial charge on any atom is -0.497 e. The van der Waals surface area contributed by atoms with Crippen LogP contribution in [-0.2, 0) is 17.3 Å². The number of methoxy groups -OCH3 is 1. The molecule has 0 bridgehead atoms. The Morgan fingerprint density at radius 1 is 1.22 bits per heavy atom. The zero-order valence-electron chi connectivity index (χ0n) is 16.1. The lowest BCUT2D eigenvalue weighted by atomic mass is 9.96. The summed E-state index contributed by atoms with van der Waals surface area (Å²) in [5.41, 5.74) is 0.811. The topological polar surface area (TPSA) is 76.5 Å². The maximum atomic E-state index is 13.1. The van der Waals surface area contributed by atoms with E-state index < -0.39 is 16.3 Å². The first kappa shape index (κ1) is 19.9. The first-order valence-corrected chi connectivity index (χ1v) is 10.7. The van der Waals surface area contributed by atoms with Crippen molar-refractivity contribution in [3.63, 3.8) is 0 Å². The number of benzene rings is 1. The third kappa shape index (κ3) is 4.51. The largest absolute Gasteiger partial charge is 0.497 e. The number of imidazole rings is 1. The molecular weight excluding hydrogens is 364 g/mol. The van der Waals surface area contributed by atoms with Gasteiger partial charge in [0, 0.05) is 32.5 Å². The Bertz CT molecular complexity index is 842. The lowest BCUT2D eigenvalue weighted by molar-refractivity contribution is 0.282. The van der Waals surface area contributed by atoms with Crippen molar-refractivity contribution in [3.8, 4) is 5.75 Å². The smallest absolute Gasteiger partial charge is 0.280 e. The molecule has 1 atom stereocenters. The molecule has 148 valence electrons. The van der Waals surface area contributed by atoms with Gasteiger partial charge in [0.25, 0.3) is 10.2 Å². The summed E-state index contributed by atoms with van der Waals surface area (Å²) in [6.45, 7) is 0. The van der Waals surface area contributed by atoms with Crippen LogP contribution in [0.25, 0.3) is 0 Å². The second-order valence-corrected chi connectivity index (χ2v) is 8.80. The summed E-state index contributed by atoms with van der Waals surface area (Å²) in [6.07, 6.45) is 8.63. The van der Waals surface area contributed by atoms with Crippen LogP contribution in [0, 0.1) is 0 Å². The van der Waals surface area contributed by atoms with Crippen LogP contribution in [0.15, 0.2) is 36.7 Å². The minimum absolute atomic E-state index is 0.0501. The summed E-state index contributed by atoms with van der Waals surface area (Å²) in [5, 5.41) is 0. The van der Waals surface area contributed by atoms with E-state index in [4.69, 9.17) is 4.74 Å². The van der Waals surface area contributed by atoms with Crippen molar-refractivity contribution < 1.29 is 13.2 Å². The molecule has 7 nitrogen and oxygen atoms in total. The average Bonchev–Trinajstić information content (AvgIpc) is 3.12. The monoisotopic (exact) mass is 392 g/mol. The van der Waals surface area contributed by atoms with Crippen molar-refractivity contribution >= 4 is 10.2 Å². The maximum Gasteiger partial charge on any atom is 0.280 e. The molecule has 0 radical (unpaired) electrons. The number of rotatable bonds is 7. The fourth-order valence-electron chi connectivity index (χ4n) is 3.59. The fraction of sp³-hybridized carbons (Fsp3) is 0.526. The molecule has 1 fully saturated rings. The van der Waals surface area contributed by atoms with Crippen LogP contribution in [0.3, 0.4) is 0 Å². The van der Waals surface area contributed by atoms with E-state index in [1.807, 2.05) is 42.1 Å². The fourth-order valence-corrected chi connectivity index (χ4v) is 4.90. The third-order valence-electron chi connectivity index (χ3n) is 5.30. The Morgan fingerprint density at radius 2 is 1.89 bits per heavy atom. The van der Waals surface area contributed by atoms with Gasteiger partial charge in [-0.1, -0.05) is 31.4 Å². The van der Waals surface area contributed by atoms with Crippen molar-refractivity contribution in [2.24, 2.45) is 7.05 Å². The van der Waals surface area contributed by atoms with Crippen LogP contribution in [0.5, 0.6) is 5.75 Å². The molecule has 1 aromatic carbocycles. The van der Waals surface area contributed by atoms with E-state index in [-0.39, 0.29) is 6.04 Å². The van der Waals surface area contributed by atoms with E-state index in [1.165, 1.54) is 10.7 Å². The molecule has 0 amide bonds. The number of nitrogens with zero attached hydrogens (tertiary/aromatic N) is 3. The van der Waals surface area contributed by atoms with Crippen LogP contribution >= 0.6 is 0 Å². The zero-order valence-corrected chi connectivity index (χ0v) is 16.9. The van der Waals surface area contributed by atoms with Crippen LogP contribution in [0.1, 0.15) is 49.5 Å². The lowest BCUT2D eigenvalue weighted by Gasteiger charge is -2.32. The third-order valence-corrected chi connectivity index (χ3v) is 6.89. The molecule has 8 heteroatoms. The van der Waals surface area contributed by atoms with Gasteiger partial charge in [0.05, 0.1) is 7.11 Å². The molecule has 1 saturated carbocycles.